The summed E-state index contributed by atoms with van der Waals surface area (Å²) in [6, 6.07) is 8.22. The molecule has 1 atom stereocenters. The largest absolute Gasteiger partial charge is 0.332 e. The molecule has 1 aliphatic rings. The highest BCUT2D eigenvalue weighted by Gasteiger charge is 2.29. The minimum absolute atomic E-state index is 0.180. The zero-order chi connectivity index (χ0) is 19.3. The predicted octanol–water partition coefficient (Wildman–Crippen LogP) is 2.18. The lowest BCUT2D eigenvalue weighted by molar-refractivity contribution is 0.458. The van der Waals surface area contributed by atoms with Crippen molar-refractivity contribution < 1.29 is 0 Å². The van der Waals surface area contributed by atoms with Crippen molar-refractivity contribution in [3.63, 3.8) is 0 Å². The molecule has 0 spiro atoms. The number of rotatable bonds is 3. The first-order valence-electron chi connectivity index (χ1n) is 9.07. The Kier molecular flexibility index (Phi) is 4.02. The van der Waals surface area contributed by atoms with Crippen LogP contribution in [0.2, 0.25) is 0 Å². The van der Waals surface area contributed by atoms with Crippen LogP contribution in [0, 0.1) is 12.8 Å². The Balaban J connectivity index is 2.03. The lowest BCUT2D eigenvalue weighted by atomic mass is 10.1. The van der Waals surface area contributed by atoms with Crippen molar-refractivity contribution in [1.29, 1.82) is 0 Å². The SMILES string of the molecule is C=CCn1c(=O)c2c(nc3n2C[C@@H](C)CN3c2cccc(C)c2)n(C)c1=O. The molecule has 0 radical (unpaired) electrons. The van der Waals surface area contributed by atoms with Gasteiger partial charge in [-0.05, 0) is 30.5 Å². The van der Waals surface area contributed by atoms with Crippen molar-refractivity contribution in [3.8, 4) is 0 Å². The molecule has 0 unspecified atom stereocenters. The van der Waals surface area contributed by atoms with E-state index in [9.17, 15) is 9.59 Å². The molecule has 0 fully saturated rings. The van der Waals surface area contributed by atoms with Gasteiger partial charge in [0.15, 0.2) is 11.2 Å². The van der Waals surface area contributed by atoms with Crippen molar-refractivity contribution in [3.05, 3.63) is 63.3 Å². The van der Waals surface area contributed by atoms with Gasteiger partial charge < -0.3 is 9.47 Å². The molecule has 7 heteroatoms. The highest BCUT2D eigenvalue weighted by Crippen LogP contribution is 2.33. The Bertz CT molecular complexity index is 1170. The average Bonchev–Trinajstić information content (AvgIpc) is 3.02. The van der Waals surface area contributed by atoms with E-state index in [0.717, 1.165) is 17.8 Å². The fourth-order valence-electron chi connectivity index (χ4n) is 3.81. The highest BCUT2D eigenvalue weighted by molar-refractivity contribution is 5.77. The molecule has 0 N–H and O–H groups in total. The molecular weight excluding hydrogens is 342 g/mol. The Labute approximate surface area is 156 Å². The van der Waals surface area contributed by atoms with E-state index < -0.39 is 0 Å². The molecule has 0 saturated carbocycles. The molecule has 1 aliphatic heterocycles. The first kappa shape index (κ1) is 17.3. The maximum absolute atomic E-state index is 13.1. The number of hydrogen-bond donors (Lipinski definition) is 0. The summed E-state index contributed by atoms with van der Waals surface area (Å²) in [5.41, 5.74) is 2.40. The van der Waals surface area contributed by atoms with Gasteiger partial charge in [-0.2, -0.15) is 4.98 Å². The molecule has 2 aromatic heterocycles. The Morgan fingerprint density at radius 2 is 2.07 bits per heavy atom. The molecule has 0 saturated heterocycles. The van der Waals surface area contributed by atoms with Gasteiger partial charge >= 0.3 is 5.69 Å². The number of aryl methyl sites for hydroxylation is 2. The van der Waals surface area contributed by atoms with E-state index in [4.69, 9.17) is 4.98 Å². The summed E-state index contributed by atoms with van der Waals surface area (Å²) in [5, 5.41) is 0. The lowest BCUT2D eigenvalue weighted by Gasteiger charge is -2.33. The second-order valence-corrected chi connectivity index (χ2v) is 7.30. The van der Waals surface area contributed by atoms with Gasteiger partial charge in [0.1, 0.15) is 0 Å². The van der Waals surface area contributed by atoms with E-state index in [1.54, 1.807) is 13.1 Å². The number of imidazole rings is 1. The smallest absolute Gasteiger partial charge is 0.312 e. The van der Waals surface area contributed by atoms with Crippen molar-refractivity contribution >= 4 is 22.8 Å². The van der Waals surface area contributed by atoms with Crippen molar-refractivity contribution in [2.24, 2.45) is 13.0 Å². The van der Waals surface area contributed by atoms with E-state index in [-0.39, 0.29) is 17.8 Å². The van der Waals surface area contributed by atoms with E-state index >= 15 is 0 Å². The third-order valence-electron chi connectivity index (χ3n) is 5.07. The first-order valence-corrected chi connectivity index (χ1v) is 9.07. The fraction of sp³-hybridized carbons (Fsp3) is 0.350. The first-order chi connectivity index (χ1) is 12.9. The van der Waals surface area contributed by atoms with Crippen LogP contribution in [0.3, 0.4) is 0 Å². The Hall–Kier alpha value is -3.09. The third-order valence-corrected chi connectivity index (χ3v) is 5.07. The number of hydrogen-bond acceptors (Lipinski definition) is 4. The van der Waals surface area contributed by atoms with E-state index in [1.165, 1.54) is 9.13 Å². The van der Waals surface area contributed by atoms with Gasteiger partial charge in [-0.15, -0.1) is 6.58 Å². The molecule has 4 rings (SSSR count). The second-order valence-electron chi connectivity index (χ2n) is 7.30. The molecule has 3 heterocycles. The summed E-state index contributed by atoms with van der Waals surface area (Å²) in [6.07, 6.45) is 1.56. The monoisotopic (exact) mass is 365 g/mol. The van der Waals surface area contributed by atoms with Crippen LogP contribution in [0.15, 0.2) is 46.5 Å². The van der Waals surface area contributed by atoms with Gasteiger partial charge in [0.05, 0.1) is 0 Å². The van der Waals surface area contributed by atoms with Crippen molar-refractivity contribution in [1.82, 2.24) is 18.7 Å². The van der Waals surface area contributed by atoms with Crippen LogP contribution in [0.5, 0.6) is 0 Å². The third kappa shape index (κ3) is 2.61. The summed E-state index contributed by atoms with van der Waals surface area (Å²) >= 11 is 0. The molecule has 3 aromatic rings. The molecule has 140 valence electrons. The lowest BCUT2D eigenvalue weighted by Crippen LogP contribution is -2.40. The second kappa shape index (κ2) is 6.26. The van der Waals surface area contributed by atoms with E-state index in [1.807, 2.05) is 16.7 Å². The Morgan fingerprint density at radius 1 is 1.30 bits per heavy atom. The summed E-state index contributed by atoms with van der Waals surface area (Å²) in [4.78, 5) is 32.5. The van der Waals surface area contributed by atoms with Crippen molar-refractivity contribution in [2.45, 2.75) is 26.9 Å². The quantitative estimate of drug-likeness (QED) is 0.668. The van der Waals surface area contributed by atoms with Gasteiger partial charge in [-0.3, -0.25) is 13.9 Å². The number of nitrogens with zero attached hydrogens (tertiary/aromatic N) is 5. The van der Waals surface area contributed by atoms with Gasteiger partial charge in [-0.1, -0.05) is 25.1 Å². The van der Waals surface area contributed by atoms with Gasteiger partial charge in [0.2, 0.25) is 5.95 Å². The fourth-order valence-corrected chi connectivity index (χ4v) is 3.81. The Morgan fingerprint density at radius 3 is 2.78 bits per heavy atom. The standard InChI is InChI=1S/C20H23N5O2/c1-5-9-23-18(26)16-17(22(4)20(23)27)21-19-24(11-14(3)12-25(16)19)15-8-6-7-13(2)10-15/h5-8,10,14H,1,9,11-12H2,2-4H3/t14-/m0/s1. The average molecular weight is 365 g/mol. The highest BCUT2D eigenvalue weighted by atomic mass is 16.2. The summed E-state index contributed by atoms with van der Waals surface area (Å²) in [7, 11) is 1.66. The van der Waals surface area contributed by atoms with Gasteiger partial charge in [0.25, 0.3) is 5.56 Å². The maximum atomic E-state index is 13.1. The molecule has 27 heavy (non-hydrogen) atoms. The van der Waals surface area contributed by atoms with E-state index in [2.05, 4.69) is 37.5 Å². The molecule has 0 aliphatic carbocycles. The summed E-state index contributed by atoms with van der Waals surface area (Å²) in [6.45, 7) is 9.54. The molecule has 7 nitrogen and oxygen atoms in total. The molecule has 0 bridgehead atoms. The van der Waals surface area contributed by atoms with Crippen LogP contribution < -0.4 is 16.1 Å². The van der Waals surface area contributed by atoms with Gasteiger partial charge in [0, 0.05) is 32.4 Å². The molecular formula is C20H23N5O2. The number of aromatic nitrogens is 4. The van der Waals surface area contributed by atoms with E-state index in [0.29, 0.717) is 29.6 Å². The summed E-state index contributed by atoms with van der Waals surface area (Å²) < 4.78 is 4.61. The van der Waals surface area contributed by atoms with Crippen LogP contribution in [-0.2, 0) is 20.1 Å². The number of anilines is 2. The normalized spacial score (nSPS) is 16.6. The molecule has 1 aromatic carbocycles. The minimum atomic E-state index is -0.377. The van der Waals surface area contributed by atoms with Crippen LogP contribution in [0.1, 0.15) is 12.5 Å². The van der Waals surface area contributed by atoms with Crippen LogP contribution in [0.25, 0.3) is 11.2 Å². The topological polar surface area (TPSA) is 65.1 Å². The maximum Gasteiger partial charge on any atom is 0.332 e. The predicted molar refractivity (Wildman–Crippen MR) is 107 cm³/mol. The summed E-state index contributed by atoms with van der Waals surface area (Å²) in [5.74, 6) is 1.04. The number of fused-ring (bicyclic) bond motifs is 3. The van der Waals surface area contributed by atoms with Gasteiger partial charge in [-0.25, -0.2) is 4.79 Å². The number of benzene rings is 1. The minimum Gasteiger partial charge on any atom is -0.312 e. The zero-order valence-corrected chi connectivity index (χ0v) is 15.8. The molecule has 0 amide bonds. The van der Waals surface area contributed by atoms with Crippen LogP contribution in [0.4, 0.5) is 11.6 Å². The zero-order valence-electron chi connectivity index (χ0n) is 15.8. The van der Waals surface area contributed by atoms with Crippen molar-refractivity contribution in [2.75, 3.05) is 11.4 Å². The van der Waals surface area contributed by atoms with Crippen LogP contribution in [-0.4, -0.2) is 25.2 Å². The number of allylic oxidation sites excluding steroid dienone is 1. The van der Waals surface area contributed by atoms with Crippen LogP contribution >= 0.6 is 0 Å².